The molecular formula is C46H44ClI3N2O6. The Hall–Kier alpha value is -3.03. The van der Waals surface area contributed by atoms with Crippen LogP contribution in [-0.2, 0) is 29.3 Å². The van der Waals surface area contributed by atoms with Crippen LogP contribution in [0.1, 0.15) is 49.3 Å². The Morgan fingerprint density at radius 1 is 0.621 bits per heavy atom. The van der Waals surface area contributed by atoms with Crippen LogP contribution in [0.25, 0.3) is 11.1 Å². The van der Waals surface area contributed by atoms with E-state index in [0.29, 0.717) is 29.2 Å². The van der Waals surface area contributed by atoms with E-state index < -0.39 is 11.6 Å². The summed E-state index contributed by atoms with van der Waals surface area (Å²) < 4.78 is 30.6. The number of methoxy groups -OCH3 is 4. The Bertz CT molecular complexity index is 2170. The smallest absolute Gasteiger partial charge is 0.341 e. The van der Waals surface area contributed by atoms with Gasteiger partial charge in [-0.05, 0) is 151 Å². The SMILES string of the molecule is COC(CNc1ccc(C(=CC2(C=C(c3ccc(C)cc3)c3ccc(NCC(OC)OC)cc3)OC(=O)c3c(I)c(I)c(Cl)c(I)c32)c2ccc(C)cc2)cc1)OC. The van der Waals surface area contributed by atoms with E-state index in [-0.39, 0.29) is 12.6 Å². The van der Waals surface area contributed by atoms with Gasteiger partial charge in [-0.1, -0.05) is 95.5 Å². The molecule has 0 aromatic heterocycles. The zero-order valence-corrected chi connectivity index (χ0v) is 40.2. The number of hydrogen-bond acceptors (Lipinski definition) is 8. The molecule has 0 bridgehead atoms. The number of hydrogen-bond donors (Lipinski definition) is 2. The first-order valence-corrected chi connectivity index (χ1v) is 22.0. The number of ether oxygens (including phenoxy) is 5. The minimum atomic E-state index is -1.39. The Balaban J connectivity index is 1.61. The Morgan fingerprint density at radius 3 is 1.34 bits per heavy atom. The van der Waals surface area contributed by atoms with Crippen molar-refractivity contribution in [1.82, 2.24) is 0 Å². The van der Waals surface area contributed by atoms with Crippen LogP contribution in [0.2, 0.25) is 5.02 Å². The fourth-order valence-electron chi connectivity index (χ4n) is 6.72. The largest absolute Gasteiger partial charge is 0.442 e. The lowest BCUT2D eigenvalue weighted by molar-refractivity contribution is -0.0915. The zero-order chi connectivity index (χ0) is 41.6. The van der Waals surface area contributed by atoms with Gasteiger partial charge in [0.2, 0.25) is 0 Å². The molecule has 1 heterocycles. The van der Waals surface area contributed by atoms with E-state index in [1.807, 2.05) is 24.3 Å². The second-order valence-electron chi connectivity index (χ2n) is 13.8. The molecule has 5 aromatic rings. The topological polar surface area (TPSA) is 87.3 Å². The molecular weight excluding hydrogens is 1090 g/mol. The van der Waals surface area contributed by atoms with Crippen molar-refractivity contribution in [3.05, 3.63) is 169 Å². The number of esters is 1. The molecule has 0 saturated carbocycles. The fourth-order valence-corrected chi connectivity index (χ4v) is 9.84. The average Bonchev–Trinajstić information content (AvgIpc) is 3.53. The van der Waals surface area contributed by atoms with Gasteiger partial charge in [-0.2, -0.15) is 0 Å². The molecule has 0 aliphatic carbocycles. The number of anilines is 2. The molecule has 0 saturated heterocycles. The summed E-state index contributed by atoms with van der Waals surface area (Å²) >= 11 is 13.8. The maximum Gasteiger partial charge on any atom is 0.341 e. The van der Waals surface area contributed by atoms with Gasteiger partial charge in [-0.3, -0.25) is 0 Å². The standard InChI is InChI=1S/C46H44ClI3N2O6/c1-27-7-11-29(12-8-27)35(31-15-19-33(20-16-31)51-25-37(54-3)55-4)23-46(40-39(45(53)58-46)42(48)44(50)41(47)43(40)49)24-36(30-13-9-28(2)10-14-30)32-17-21-34(22-18-32)52-26-38(56-5)57-6/h7-24,37-38,51-52H,25-26H2,1-6H3. The number of carbonyl (C=O) groups excluding carboxylic acids is 1. The van der Waals surface area contributed by atoms with Gasteiger partial charge in [-0.15, -0.1) is 0 Å². The van der Waals surface area contributed by atoms with Crippen LogP contribution in [-0.4, -0.2) is 60.1 Å². The molecule has 0 atom stereocenters. The summed E-state index contributed by atoms with van der Waals surface area (Å²) in [7, 11) is 6.46. The third-order valence-corrected chi connectivity index (χ3v) is 15.2. The Morgan fingerprint density at radius 2 is 0.983 bits per heavy atom. The number of halogens is 4. The molecule has 1 aliphatic rings. The molecule has 0 spiro atoms. The van der Waals surface area contributed by atoms with Gasteiger partial charge in [0.05, 0.1) is 23.7 Å². The van der Waals surface area contributed by atoms with E-state index in [4.69, 9.17) is 35.3 Å². The van der Waals surface area contributed by atoms with E-state index in [0.717, 1.165) is 66.6 Å². The molecule has 12 heteroatoms. The van der Waals surface area contributed by atoms with Gasteiger partial charge >= 0.3 is 5.97 Å². The lowest BCUT2D eigenvalue weighted by Gasteiger charge is -2.27. The Kier molecular flexibility index (Phi) is 15.4. The van der Waals surface area contributed by atoms with Gasteiger partial charge in [0.1, 0.15) is 0 Å². The monoisotopic (exact) mass is 1140 g/mol. The van der Waals surface area contributed by atoms with Crippen LogP contribution < -0.4 is 10.6 Å². The molecule has 0 unspecified atom stereocenters. The predicted molar refractivity (Wildman–Crippen MR) is 259 cm³/mol. The summed E-state index contributed by atoms with van der Waals surface area (Å²) in [4.78, 5) is 14.4. The molecule has 0 radical (unpaired) electrons. The van der Waals surface area contributed by atoms with Crippen molar-refractivity contribution in [1.29, 1.82) is 0 Å². The summed E-state index contributed by atoms with van der Waals surface area (Å²) in [5.41, 5.74) is 9.43. The van der Waals surface area contributed by atoms with Crippen molar-refractivity contribution in [2.75, 3.05) is 52.2 Å². The molecule has 302 valence electrons. The normalized spacial score (nSPS) is 15.6. The minimum absolute atomic E-state index is 0.388. The highest BCUT2D eigenvalue weighted by atomic mass is 127. The lowest BCUT2D eigenvalue weighted by Crippen LogP contribution is -2.24. The summed E-state index contributed by atoms with van der Waals surface area (Å²) in [5.74, 6) is -0.415. The van der Waals surface area contributed by atoms with Crippen molar-refractivity contribution in [2.24, 2.45) is 0 Å². The summed E-state index contributed by atoms with van der Waals surface area (Å²) in [6.07, 6.45) is 3.38. The number of benzene rings is 5. The maximum atomic E-state index is 14.4. The van der Waals surface area contributed by atoms with Crippen molar-refractivity contribution < 1.29 is 28.5 Å². The van der Waals surface area contributed by atoms with E-state index in [1.54, 1.807) is 28.4 Å². The van der Waals surface area contributed by atoms with Crippen LogP contribution in [0.15, 0.2) is 109 Å². The summed E-state index contributed by atoms with van der Waals surface area (Å²) in [6, 6.07) is 33.1. The van der Waals surface area contributed by atoms with Gasteiger partial charge in [0, 0.05) is 56.1 Å². The highest BCUT2D eigenvalue weighted by Crippen LogP contribution is 2.50. The highest BCUT2D eigenvalue weighted by molar-refractivity contribution is 14.1. The van der Waals surface area contributed by atoms with E-state index in [2.05, 4.69) is 177 Å². The molecule has 5 aromatic carbocycles. The first-order chi connectivity index (χ1) is 27.9. The molecule has 8 nitrogen and oxygen atoms in total. The average molecular weight is 1140 g/mol. The van der Waals surface area contributed by atoms with Crippen LogP contribution in [0.5, 0.6) is 0 Å². The predicted octanol–water partition coefficient (Wildman–Crippen LogP) is 11.5. The first kappa shape index (κ1) is 44.5. The van der Waals surface area contributed by atoms with E-state index >= 15 is 0 Å². The number of nitrogens with one attached hydrogen (secondary N) is 2. The van der Waals surface area contributed by atoms with Crippen molar-refractivity contribution in [2.45, 2.75) is 32.0 Å². The van der Waals surface area contributed by atoms with Crippen LogP contribution in [0, 0.1) is 24.6 Å². The van der Waals surface area contributed by atoms with Gasteiger partial charge in [0.15, 0.2) is 18.2 Å². The number of cyclic esters (lactones) is 1. The first-order valence-electron chi connectivity index (χ1n) is 18.4. The third-order valence-electron chi connectivity index (χ3n) is 9.96. The quantitative estimate of drug-likeness (QED) is 0.0332. The van der Waals surface area contributed by atoms with Gasteiger partial charge < -0.3 is 34.3 Å². The molecule has 6 rings (SSSR count). The molecule has 1 aliphatic heterocycles. The van der Waals surface area contributed by atoms with Crippen LogP contribution >= 0.6 is 79.4 Å². The number of rotatable bonds is 16. The fraction of sp³-hybridized carbons (Fsp3) is 0.239. The van der Waals surface area contributed by atoms with Gasteiger partial charge in [0.25, 0.3) is 0 Å². The zero-order valence-electron chi connectivity index (χ0n) is 32.9. The van der Waals surface area contributed by atoms with E-state index in [1.165, 1.54) is 0 Å². The second-order valence-corrected chi connectivity index (χ2v) is 17.4. The Labute approximate surface area is 386 Å². The van der Waals surface area contributed by atoms with Crippen molar-refractivity contribution >= 4 is 108 Å². The highest BCUT2D eigenvalue weighted by Gasteiger charge is 2.48. The summed E-state index contributed by atoms with van der Waals surface area (Å²) in [6.45, 7) is 5.08. The molecule has 0 amide bonds. The molecule has 58 heavy (non-hydrogen) atoms. The molecule has 2 N–H and O–H groups in total. The third kappa shape index (κ3) is 9.94. The molecule has 0 fully saturated rings. The van der Waals surface area contributed by atoms with Gasteiger partial charge in [-0.25, -0.2) is 4.79 Å². The van der Waals surface area contributed by atoms with Crippen molar-refractivity contribution in [3.8, 4) is 0 Å². The number of aryl methyl sites for hydroxylation is 2. The summed E-state index contributed by atoms with van der Waals surface area (Å²) in [5, 5.41) is 7.36. The second kappa shape index (κ2) is 20.0. The van der Waals surface area contributed by atoms with Crippen LogP contribution in [0.3, 0.4) is 0 Å². The number of carbonyl (C=O) groups is 1. The van der Waals surface area contributed by atoms with E-state index in [9.17, 15) is 4.79 Å². The maximum absolute atomic E-state index is 14.4. The number of fused-ring (bicyclic) bond motifs is 1. The minimum Gasteiger partial charge on any atom is -0.442 e. The van der Waals surface area contributed by atoms with Crippen molar-refractivity contribution in [3.63, 3.8) is 0 Å². The van der Waals surface area contributed by atoms with Crippen LogP contribution in [0.4, 0.5) is 11.4 Å². The lowest BCUT2D eigenvalue weighted by atomic mass is 9.83.